The number of fused-ring (bicyclic) bond motifs is 3. The lowest BCUT2D eigenvalue weighted by atomic mass is 9.89. The molecule has 0 aliphatic carbocycles. The molecule has 9 heteroatoms. The second kappa shape index (κ2) is 11.2. The van der Waals surface area contributed by atoms with Gasteiger partial charge in [0.1, 0.15) is 41.3 Å². The van der Waals surface area contributed by atoms with Gasteiger partial charge in [-0.15, -0.1) is 0 Å². The van der Waals surface area contributed by atoms with Crippen molar-refractivity contribution in [2.24, 2.45) is 0 Å². The number of hydrogen-bond acceptors (Lipinski definition) is 8. The lowest BCUT2D eigenvalue weighted by molar-refractivity contribution is 0.0601. The number of carbonyl (C=O) groups excluding carboxylic acids is 1. The summed E-state index contributed by atoms with van der Waals surface area (Å²) < 4.78 is 30.8. The van der Waals surface area contributed by atoms with E-state index in [1.807, 2.05) is 12.1 Å². The Bertz CT molecular complexity index is 1710. The molecule has 1 atom stereocenters. The quantitative estimate of drug-likeness (QED) is 0.263. The number of carbonyl (C=O) groups is 1. The molecule has 6 rings (SSSR count). The van der Waals surface area contributed by atoms with E-state index in [0.29, 0.717) is 38.6 Å². The van der Waals surface area contributed by atoms with Crippen molar-refractivity contribution in [2.45, 2.75) is 12.6 Å². The number of nitrogens with zero attached hydrogens (tertiary/aromatic N) is 3. The molecule has 1 N–H and O–H groups in total. The molecule has 1 unspecified atom stereocenters. The second-order valence-corrected chi connectivity index (χ2v) is 10.3. The lowest BCUT2D eigenvalue weighted by Crippen LogP contribution is -2.46. The van der Waals surface area contributed by atoms with Crippen molar-refractivity contribution in [3.8, 4) is 11.5 Å². The van der Waals surface area contributed by atoms with Crippen molar-refractivity contribution in [1.29, 1.82) is 0 Å². The molecular weight excluding hydrogens is 525 g/mol. The average molecular weight is 556 g/mol. The largest absolute Gasteiger partial charge is 0.507 e. The molecule has 0 radical (unpaired) electrons. The number of methoxy groups -OCH3 is 1. The van der Waals surface area contributed by atoms with E-state index in [-0.39, 0.29) is 23.7 Å². The first-order valence-corrected chi connectivity index (χ1v) is 13.4. The molecular formula is C32H30FN3O5. The standard InChI is InChI=1S/C32H30FN3O5/c1-35-12-14-36(15-13-35)29(21-8-10-34-11-9-21)28-27-26(32(38)39-2)19-41-31(27)24-7-6-23(17-25(24)30(28)37)40-18-20-4-3-5-22(33)16-20/h3-11,16-17,19,29,37H,12-15,18H2,1-2H3. The van der Waals surface area contributed by atoms with Gasteiger partial charge in [-0.25, -0.2) is 9.18 Å². The fourth-order valence-electron chi connectivity index (χ4n) is 5.60. The van der Waals surface area contributed by atoms with Gasteiger partial charge in [-0.05, 0) is 60.6 Å². The Morgan fingerprint density at radius 3 is 2.59 bits per heavy atom. The van der Waals surface area contributed by atoms with Gasteiger partial charge >= 0.3 is 5.97 Å². The topological polar surface area (TPSA) is 88.3 Å². The number of pyridine rings is 1. The van der Waals surface area contributed by atoms with Crippen LogP contribution in [0.5, 0.6) is 11.5 Å². The van der Waals surface area contributed by atoms with Crippen molar-refractivity contribution in [2.75, 3.05) is 40.3 Å². The van der Waals surface area contributed by atoms with Crippen LogP contribution >= 0.6 is 0 Å². The number of piperazine rings is 1. The molecule has 1 aliphatic heterocycles. The van der Waals surface area contributed by atoms with Gasteiger partial charge in [0.15, 0.2) is 0 Å². The van der Waals surface area contributed by atoms with Gasteiger partial charge in [-0.1, -0.05) is 12.1 Å². The molecule has 5 aromatic rings. The molecule has 8 nitrogen and oxygen atoms in total. The zero-order valence-electron chi connectivity index (χ0n) is 22.8. The van der Waals surface area contributed by atoms with E-state index in [0.717, 1.165) is 31.7 Å². The van der Waals surface area contributed by atoms with Crippen molar-refractivity contribution in [3.05, 3.63) is 101 Å². The molecule has 1 fully saturated rings. The number of rotatable bonds is 7. The highest BCUT2D eigenvalue weighted by Crippen LogP contribution is 2.47. The van der Waals surface area contributed by atoms with Crippen LogP contribution in [-0.4, -0.2) is 66.2 Å². The highest BCUT2D eigenvalue weighted by atomic mass is 19.1. The number of halogens is 1. The van der Waals surface area contributed by atoms with Crippen LogP contribution in [0.1, 0.15) is 33.1 Å². The van der Waals surface area contributed by atoms with E-state index >= 15 is 0 Å². The summed E-state index contributed by atoms with van der Waals surface area (Å²) in [6, 6.07) is 15.0. The van der Waals surface area contributed by atoms with Gasteiger partial charge in [-0.2, -0.15) is 0 Å². The Labute approximate surface area is 236 Å². The van der Waals surface area contributed by atoms with Crippen molar-refractivity contribution in [3.63, 3.8) is 0 Å². The first kappa shape index (κ1) is 26.7. The Hall–Kier alpha value is -4.47. The fourth-order valence-corrected chi connectivity index (χ4v) is 5.60. The average Bonchev–Trinajstić information content (AvgIpc) is 3.44. The number of benzene rings is 3. The van der Waals surface area contributed by atoms with Crippen LogP contribution in [0.25, 0.3) is 21.7 Å². The van der Waals surface area contributed by atoms with Crippen molar-refractivity contribution in [1.82, 2.24) is 14.8 Å². The minimum absolute atomic E-state index is 0.0241. The van der Waals surface area contributed by atoms with Gasteiger partial charge < -0.3 is 23.9 Å². The number of likely N-dealkylation sites (N-methyl/N-ethyl adjacent to an activating group) is 1. The summed E-state index contributed by atoms with van der Waals surface area (Å²) in [5.41, 5.74) is 2.88. The molecule has 0 bridgehead atoms. The lowest BCUT2D eigenvalue weighted by Gasteiger charge is -2.39. The summed E-state index contributed by atoms with van der Waals surface area (Å²) >= 11 is 0. The van der Waals surface area contributed by atoms with Crippen LogP contribution in [0.3, 0.4) is 0 Å². The summed E-state index contributed by atoms with van der Waals surface area (Å²) in [7, 11) is 3.41. The monoisotopic (exact) mass is 555 g/mol. The van der Waals surface area contributed by atoms with Crippen molar-refractivity contribution >= 4 is 27.7 Å². The van der Waals surface area contributed by atoms with Gasteiger partial charge in [0.25, 0.3) is 0 Å². The van der Waals surface area contributed by atoms with Gasteiger partial charge in [0.05, 0.1) is 13.2 Å². The summed E-state index contributed by atoms with van der Waals surface area (Å²) in [4.78, 5) is 21.7. The Balaban J connectivity index is 1.55. The van der Waals surface area contributed by atoms with E-state index in [9.17, 15) is 14.3 Å². The van der Waals surface area contributed by atoms with Crippen LogP contribution in [0.15, 0.2) is 77.7 Å². The number of esters is 1. The van der Waals surface area contributed by atoms with Gasteiger partial charge in [0.2, 0.25) is 0 Å². The zero-order chi connectivity index (χ0) is 28.5. The van der Waals surface area contributed by atoms with E-state index in [1.165, 1.54) is 25.5 Å². The second-order valence-electron chi connectivity index (χ2n) is 10.3. The highest BCUT2D eigenvalue weighted by molar-refractivity contribution is 6.16. The van der Waals surface area contributed by atoms with Crippen LogP contribution in [0.2, 0.25) is 0 Å². The minimum Gasteiger partial charge on any atom is -0.507 e. The summed E-state index contributed by atoms with van der Waals surface area (Å²) in [6.45, 7) is 3.38. The molecule has 1 saturated heterocycles. The molecule has 3 aromatic carbocycles. The molecule has 1 aliphatic rings. The normalized spacial score (nSPS) is 15.3. The van der Waals surface area contributed by atoms with Crippen molar-refractivity contribution < 1.29 is 28.2 Å². The molecule has 0 saturated carbocycles. The molecule has 0 spiro atoms. The van der Waals surface area contributed by atoms with Gasteiger partial charge in [0, 0.05) is 60.3 Å². The van der Waals surface area contributed by atoms with Crippen LogP contribution in [0.4, 0.5) is 4.39 Å². The molecule has 2 aromatic heterocycles. The van der Waals surface area contributed by atoms with E-state index < -0.39 is 12.0 Å². The first-order valence-electron chi connectivity index (χ1n) is 13.4. The Morgan fingerprint density at radius 2 is 1.85 bits per heavy atom. The molecule has 41 heavy (non-hydrogen) atoms. The molecule has 210 valence electrons. The Kier molecular flexibility index (Phi) is 7.30. The van der Waals surface area contributed by atoms with Crippen LogP contribution in [0, 0.1) is 5.82 Å². The predicted molar refractivity (Wildman–Crippen MR) is 153 cm³/mol. The summed E-state index contributed by atoms with van der Waals surface area (Å²) in [5, 5.41) is 13.7. The zero-order valence-corrected chi connectivity index (χ0v) is 22.8. The van der Waals surface area contributed by atoms with E-state index in [4.69, 9.17) is 13.9 Å². The van der Waals surface area contributed by atoms with Crippen LogP contribution < -0.4 is 4.74 Å². The number of phenols is 1. The predicted octanol–water partition coefficient (Wildman–Crippen LogP) is 5.53. The highest BCUT2D eigenvalue weighted by Gasteiger charge is 2.33. The SMILES string of the molecule is COC(=O)c1coc2c1c(C(c1ccncc1)N1CCN(C)CC1)c(O)c1cc(OCc3cccc(F)c3)ccc12. The van der Waals surface area contributed by atoms with E-state index in [2.05, 4.69) is 21.8 Å². The fraction of sp³-hybridized carbons (Fsp3) is 0.250. The third-order valence-electron chi connectivity index (χ3n) is 7.70. The summed E-state index contributed by atoms with van der Waals surface area (Å²) in [5.74, 6) is -0.358. The third-order valence-corrected chi connectivity index (χ3v) is 7.70. The Morgan fingerprint density at radius 1 is 1.07 bits per heavy atom. The number of phenolic OH excluding ortho intramolecular Hbond substituents is 1. The number of furan rings is 1. The van der Waals surface area contributed by atoms with Gasteiger partial charge in [-0.3, -0.25) is 9.88 Å². The number of aromatic hydroxyl groups is 1. The summed E-state index contributed by atoms with van der Waals surface area (Å²) in [6.07, 6.45) is 4.84. The van der Waals surface area contributed by atoms with E-state index in [1.54, 1.807) is 42.7 Å². The smallest absolute Gasteiger partial charge is 0.341 e. The van der Waals surface area contributed by atoms with Crippen LogP contribution in [-0.2, 0) is 11.3 Å². The maximum absolute atomic E-state index is 13.7. The maximum Gasteiger partial charge on any atom is 0.341 e. The minimum atomic E-state index is -0.550. The maximum atomic E-state index is 13.7. The third kappa shape index (κ3) is 5.10. The molecule has 0 amide bonds. The number of ether oxygens (including phenoxy) is 2. The number of hydrogen-bond donors (Lipinski definition) is 1. The first-order chi connectivity index (χ1) is 19.9. The molecule has 3 heterocycles. The number of aromatic nitrogens is 1.